The summed E-state index contributed by atoms with van der Waals surface area (Å²) >= 11 is 6.22. The first-order chi connectivity index (χ1) is 14.1. The fourth-order valence-corrected chi connectivity index (χ4v) is 3.48. The Kier molecular flexibility index (Phi) is 8.42. The van der Waals surface area contributed by atoms with E-state index in [0.717, 1.165) is 11.1 Å². The lowest BCUT2D eigenvalue weighted by Gasteiger charge is -2.33. The minimum atomic E-state index is -0.618. The zero-order valence-corrected chi connectivity index (χ0v) is 18.8. The summed E-state index contributed by atoms with van der Waals surface area (Å²) in [6, 6.07) is 12.8. The number of carbonyl (C=O) groups is 2. The molecule has 6 heteroatoms. The Labute approximate surface area is 183 Å². The van der Waals surface area contributed by atoms with Gasteiger partial charge in [-0.1, -0.05) is 48.9 Å². The minimum absolute atomic E-state index is 0.143. The van der Waals surface area contributed by atoms with E-state index in [-0.39, 0.29) is 30.6 Å². The molecule has 1 N–H and O–H groups in total. The highest BCUT2D eigenvalue weighted by atomic mass is 35.5. The van der Waals surface area contributed by atoms with E-state index in [9.17, 15) is 14.0 Å². The molecule has 0 heterocycles. The molecule has 0 radical (unpaired) electrons. The highest BCUT2D eigenvalue weighted by Crippen LogP contribution is 2.19. The molecule has 0 aliphatic heterocycles. The lowest BCUT2D eigenvalue weighted by atomic mass is 10.0. The number of aryl methyl sites for hydroxylation is 1. The first kappa shape index (κ1) is 23.9. The number of nitrogens with zero attached hydrogens (tertiary/aromatic N) is 1. The Hall–Kier alpha value is -2.40. The van der Waals surface area contributed by atoms with E-state index in [1.54, 1.807) is 23.1 Å². The number of nitrogens with one attached hydrogen (secondary N) is 1. The molecule has 2 rings (SSSR count). The van der Waals surface area contributed by atoms with Crippen molar-refractivity contribution in [3.8, 4) is 0 Å². The van der Waals surface area contributed by atoms with Crippen LogP contribution < -0.4 is 5.32 Å². The van der Waals surface area contributed by atoms with Crippen molar-refractivity contribution in [3.05, 3.63) is 70.5 Å². The van der Waals surface area contributed by atoms with Crippen LogP contribution in [0.1, 0.15) is 51.7 Å². The zero-order valence-electron chi connectivity index (χ0n) is 18.0. The van der Waals surface area contributed by atoms with Gasteiger partial charge >= 0.3 is 0 Å². The van der Waals surface area contributed by atoms with Crippen molar-refractivity contribution in [2.24, 2.45) is 0 Å². The van der Waals surface area contributed by atoms with Gasteiger partial charge in [-0.15, -0.1) is 0 Å². The van der Waals surface area contributed by atoms with E-state index in [4.69, 9.17) is 11.6 Å². The van der Waals surface area contributed by atoms with E-state index in [1.807, 2.05) is 45.9 Å². The minimum Gasteiger partial charge on any atom is -0.350 e. The smallest absolute Gasteiger partial charge is 0.243 e. The third-order valence-corrected chi connectivity index (χ3v) is 5.09. The van der Waals surface area contributed by atoms with Crippen molar-refractivity contribution in [1.82, 2.24) is 10.2 Å². The molecule has 0 aromatic heterocycles. The van der Waals surface area contributed by atoms with Gasteiger partial charge in [0, 0.05) is 23.5 Å². The van der Waals surface area contributed by atoms with Gasteiger partial charge in [0.25, 0.3) is 0 Å². The van der Waals surface area contributed by atoms with Gasteiger partial charge in [0.05, 0.1) is 0 Å². The molecule has 2 aromatic carbocycles. The maximum Gasteiger partial charge on any atom is 0.243 e. The Bertz CT molecular complexity index is 862. The average molecular weight is 433 g/mol. The van der Waals surface area contributed by atoms with E-state index in [2.05, 4.69) is 5.32 Å². The van der Waals surface area contributed by atoms with Crippen LogP contribution in [0.5, 0.6) is 0 Å². The van der Waals surface area contributed by atoms with Crippen LogP contribution in [-0.4, -0.2) is 28.3 Å². The van der Waals surface area contributed by atoms with E-state index < -0.39 is 11.6 Å². The second-order valence-electron chi connectivity index (χ2n) is 8.40. The first-order valence-corrected chi connectivity index (χ1v) is 10.6. The van der Waals surface area contributed by atoms with Crippen LogP contribution in [0.25, 0.3) is 0 Å². The molecule has 0 saturated carbocycles. The van der Waals surface area contributed by atoms with E-state index in [0.29, 0.717) is 17.9 Å². The summed E-state index contributed by atoms with van der Waals surface area (Å²) < 4.78 is 13.3. The Morgan fingerprint density at radius 1 is 1.10 bits per heavy atom. The summed E-state index contributed by atoms with van der Waals surface area (Å²) in [5.41, 5.74) is 1.25. The largest absolute Gasteiger partial charge is 0.350 e. The molecule has 0 bridgehead atoms. The molecule has 30 heavy (non-hydrogen) atoms. The Morgan fingerprint density at radius 3 is 2.30 bits per heavy atom. The van der Waals surface area contributed by atoms with Crippen LogP contribution >= 0.6 is 11.6 Å². The summed E-state index contributed by atoms with van der Waals surface area (Å²) in [4.78, 5) is 27.7. The maximum absolute atomic E-state index is 13.3. The van der Waals surface area contributed by atoms with Gasteiger partial charge in [-0.2, -0.15) is 0 Å². The van der Waals surface area contributed by atoms with Gasteiger partial charge in [-0.05, 0) is 62.9 Å². The molecule has 0 aliphatic rings. The maximum atomic E-state index is 13.3. The number of amides is 2. The summed E-state index contributed by atoms with van der Waals surface area (Å²) in [6.45, 7) is 7.83. The van der Waals surface area contributed by atoms with Crippen molar-refractivity contribution in [3.63, 3.8) is 0 Å². The predicted molar refractivity (Wildman–Crippen MR) is 119 cm³/mol. The molecule has 0 saturated heterocycles. The summed E-state index contributed by atoms with van der Waals surface area (Å²) in [7, 11) is 0. The summed E-state index contributed by atoms with van der Waals surface area (Å²) in [6.07, 6.45) is 1.18. The molecule has 0 spiro atoms. The monoisotopic (exact) mass is 432 g/mol. The zero-order chi connectivity index (χ0) is 22.3. The number of carbonyl (C=O) groups excluding carboxylic acids is 2. The predicted octanol–water partition coefficient (Wildman–Crippen LogP) is 5.13. The van der Waals surface area contributed by atoms with Crippen molar-refractivity contribution in [1.29, 1.82) is 0 Å². The Balaban J connectivity index is 2.24. The summed E-state index contributed by atoms with van der Waals surface area (Å²) in [5, 5.41) is 3.59. The second kappa shape index (κ2) is 10.6. The van der Waals surface area contributed by atoms with Crippen LogP contribution in [0.15, 0.2) is 48.5 Å². The molecule has 0 aliphatic carbocycles. The van der Waals surface area contributed by atoms with Gasteiger partial charge in [0.2, 0.25) is 11.8 Å². The number of halogens is 2. The molecule has 4 nitrogen and oxygen atoms in total. The number of benzene rings is 2. The normalized spacial score (nSPS) is 12.3. The van der Waals surface area contributed by atoms with Crippen molar-refractivity contribution in [2.45, 2.75) is 65.1 Å². The standard InChI is InChI=1S/C24H30ClFN2O2/c1-5-21(23(30)27-24(2,3)4)28(16-17-10-13-19(26)14-11-17)22(29)15-12-18-8-6-7-9-20(18)25/h6-11,13-14,21H,5,12,15-16H2,1-4H3,(H,27,30). The third kappa shape index (κ3) is 7.13. The highest BCUT2D eigenvalue weighted by molar-refractivity contribution is 6.31. The topological polar surface area (TPSA) is 49.4 Å². The van der Waals surface area contributed by atoms with Crippen LogP contribution in [0.3, 0.4) is 0 Å². The molecular weight excluding hydrogens is 403 g/mol. The van der Waals surface area contributed by atoms with Crippen molar-refractivity contribution in [2.75, 3.05) is 0 Å². The fraction of sp³-hybridized carbons (Fsp3) is 0.417. The summed E-state index contributed by atoms with van der Waals surface area (Å²) in [5.74, 6) is -0.679. The lowest BCUT2D eigenvalue weighted by molar-refractivity contribution is -0.142. The quantitative estimate of drug-likeness (QED) is 0.628. The average Bonchev–Trinajstić information content (AvgIpc) is 2.67. The van der Waals surface area contributed by atoms with Crippen molar-refractivity contribution < 1.29 is 14.0 Å². The van der Waals surface area contributed by atoms with Gasteiger partial charge in [-0.25, -0.2) is 4.39 Å². The number of rotatable bonds is 8. The second-order valence-corrected chi connectivity index (χ2v) is 8.81. The molecule has 2 amide bonds. The number of hydrogen-bond donors (Lipinski definition) is 1. The fourth-order valence-electron chi connectivity index (χ4n) is 3.25. The van der Waals surface area contributed by atoms with Gasteiger partial charge in [-0.3, -0.25) is 9.59 Å². The molecule has 1 atom stereocenters. The first-order valence-electron chi connectivity index (χ1n) is 10.2. The van der Waals surface area contributed by atoms with E-state index >= 15 is 0 Å². The van der Waals surface area contributed by atoms with Crippen LogP contribution in [0.2, 0.25) is 5.02 Å². The molecule has 0 fully saturated rings. The molecule has 162 valence electrons. The molecule has 2 aromatic rings. The van der Waals surface area contributed by atoms with Crippen LogP contribution in [0, 0.1) is 5.82 Å². The third-order valence-electron chi connectivity index (χ3n) is 4.72. The van der Waals surface area contributed by atoms with Crippen molar-refractivity contribution >= 4 is 23.4 Å². The lowest BCUT2D eigenvalue weighted by Crippen LogP contribution is -2.53. The van der Waals surface area contributed by atoms with Gasteiger partial charge in [0.1, 0.15) is 11.9 Å². The van der Waals surface area contributed by atoms with Crippen LogP contribution in [0.4, 0.5) is 4.39 Å². The molecule has 1 unspecified atom stereocenters. The Morgan fingerprint density at radius 2 is 1.73 bits per heavy atom. The number of hydrogen-bond acceptors (Lipinski definition) is 2. The van der Waals surface area contributed by atoms with Crippen LogP contribution in [-0.2, 0) is 22.6 Å². The highest BCUT2D eigenvalue weighted by Gasteiger charge is 2.30. The van der Waals surface area contributed by atoms with Gasteiger partial charge in [0.15, 0.2) is 0 Å². The SMILES string of the molecule is CCC(C(=O)NC(C)(C)C)N(Cc1ccc(F)cc1)C(=O)CCc1ccccc1Cl. The van der Waals surface area contributed by atoms with Gasteiger partial charge < -0.3 is 10.2 Å². The van der Waals surface area contributed by atoms with E-state index in [1.165, 1.54) is 12.1 Å². The molecular formula is C24H30ClFN2O2.